The molecule has 7 heteroatoms. The highest BCUT2D eigenvalue weighted by molar-refractivity contribution is 7.99. The van der Waals surface area contributed by atoms with Gasteiger partial charge in [0.05, 0.1) is 10.1 Å². The van der Waals surface area contributed by atoms with Gasteiger partial charge in [-0.25, -0.2) is 0 Å². The molecule has 0 spiro atoms. The Balaban J connectivity index is 1.86. The number of nitrogens with zero attached hydrogens (tertiary/aromatic N) is 6. The van der Waals surface area contributed by atoms with E-state index in [1.54, 1.807) is 24.4 Å². The van der Waals surface area contributed by atoms with Crippen LogP contribution in [0.1, 0.15) is 0 Å². The van der Waals surface area contributed by atoms with Crippen LogP contribution in [0, 0.1) is 0 Å². The minimum absolute atomic E-state index is 0.834. The van der Waals surface area contributed by atoms with Gasteiger partial charge in [-0.3, -0.25) is 8.80 Å². The summed E-state index contributed by atoms with van der Waals surface area (Å²) < 4.78 is 3.90. The zero-order valence-electron chi connectivity index (χ0n) is 9.71. The number of fused-ring (bicyclic) bond motifs is 2. The van der Waals surface area contributed by atoms with Gasteiger partial charge in [0.25, 0.3) is 0 Å². The van der Waals surface area contributed by atoms with E-state index in [0.29, 0.717) is 0 Å². The van der Waals surface area contributed by atoms with Crippen molar-refractivity contribution < 1.29 is 0 Å². The van der Waals surface area contributed by atoms with E-state index in [4.69, 9.17) is 0 Å². The summed E-state index contributed by atoms with van der Waals surface area (Å²) in [6, 6.07) is 11.9. The van der Waals surface area contributed by atoms with Gasteiger partial charge in [0.15, 0.2) is 11.3 Å². The SMILES string of the molecule is c1cc(Sc2cccc3nncn23)n2cnnc2c1. The molecule has 4 heterocycles. The van der Waals surface area contributed by atoms with Crippen LogP contribution >= 0.6 is 11.8 Å². The molecule has 0 atom stereocenters. The van der Waals surface area contributed by atoms with Crippen molar-refractivity contribution in [3.63, 3.8) is 0 Å². The van der Waals surface area contributed by atoms with Gasteiger partial charge in [-0.05, 0) is 24.3 Å². The van der Waals surface area contributed by atoms with Crippen molar-refractivity contribution in [3.8, 4) is 0 Å². The molecule has 0 N–H and O–H groups in total. The van der Waals surface area contributed by atoms with Gasteiger partial charge in [-0.15, -0.1) is 20.4 Å². The number of rotatable bonds is 2. The predicted octanol–water partition coefficient (Wildman–Crippen LogP) is 1.92. The fourth-order valence-corrected chi connectivity index (χ4v) is 2.91. The van der Waals surface area contributed by atoms with Crippen LogP contribution < -0.4 is 0 Å². The zero-order valence-corrected chi connectivity index (χ0v) is 10.5. The molecule has 0 aromatic carbocycles. The van der Waals surface area contributed by atoms with Crippen molar-refractivity contribution in [1.29, 1.82) is 0 Å². The van der Waals surface area contributed by atoms with E-state index in [9.17, 15) is 0 Å². The van der Waals surface area contributed by atoms with Crippen molar-refractivity contribution in [1.82, 2.24) is 29.2 Å². The number of hydrogen-bond acceptors (Lipinski definition) is 5. The lowest BCUT2D eigenvalue weighted by Gasteiger charge is -2.05. The lowest BCUT2D eigenvalue weighted by atomic mass is 10.5. The van der Waals surface area contributed by atoms with E-state index in [0.717, 1.165) is 21.3 Å². The minimum atomic E-state index is 0.834. The zero-order chi connectivity index (χ0) is 12.7. The van der Waals surface area contributed by atoms with E-state index in [1.807, 2.05) is 45.2 Å². The van der Waals surface area contributed by atoms with Crippen molar-refractivity contribution in [3.05, 3.63) is 49.1 Å². The lowest BCUT2D eigenvalue weighted by Crippen LogP contribution is -1.92. The van der Waals surface area contributed by atoms with Crippen molar-refractivity contribution in [2.45, 2.75) is 10.1 Å². The van der Waals surface area contributed by atoms with E-state index < -0.39 is 0 Å². The van der Waals surface area contributed by atoms with Crippen LogP contribution in [0.4, 0.5) is 0 Å². The highest BCUT2D eigenvalue weighted by Crippen LogP contribution is 2.27. The molecule has 4 aromatic heterocycles. The molecule has 0 aliphatic carbocycles. The van der Waals surface area contributed by atoms with Gasteiger partial charge >= 0.3 is 0 Å². The van der Waals surface area contributed by atoms with Crippen LogP contribution in [0.5, 0.6) is 0 Å². The van der Waals surface area contributed by atoms with Crippen molar-refractivity contribution in [2.24, 2.45) is 0 Å². The predicted molar refractivity (Wildman–Crippen MR) is 70.1 cm³/mol. The maximum Gasteiger partial charge on any atom is 0.161 e. The molecule has 0 bridgehead atoms. The van der Waals surface area contributed by atoms with Gasteiger partial charge in [-0.2, -0.15) is 0 Å². The summed E-state index contributed by atoms with van der Waals surface area (Å²) in [5.74, 6) is 0. The normalized spacial score (nSPS) is 11.4. The molecule has 92 valence electrons. The largest absolute Gasteiger partial charge is 0.276 e. The smallest absolute Gasteiger partial charge is 0.161 e. The topological polar surface area (TPSA) is 60.4 Å². The first kappa shape index (κ1) is 10.5. The second-order valence-corrected chi connectivity index (χ2v) is 4.99. The van der Waals surface area contributed by atoms with Crippen LogP contribution in [0.3, 0.4) is 0 Å². The summed E-state index contributed by atoms with van der Waals surface area (Å²) in [6.45, 7) is 0. The summed E-state index contributed by atoms with van der Waals surface area (Å²) >= 11 is 1.62. The molecule has 6 nitrogen and oxygen atoms in total. The highest BCUT2D eigenvalue weighted by atomic mass is 32.2. The average Bonchev–Trinajstić information content (AvgIpc) is 3.08. The third-order valence-corrected chi connectivity index (χ3v) is 3.88. The molecule has 0 aliphatic rings. The summed E-state index contributed by atoms with van der Waals surface area (Å²) in [5.41, 5.74) is 1.67. The quantitative estimate of drug-likeness (QED) is 0.556. The Hall–Kier alpha value is -2.41. The average molecular weight is 268 g/mol. The molecule has 0 unspecified atom stereocenters. The van der Waals surface area contributed by atoms with Crippen LogP contribution in [-0.2, 0) is 0 Å². The van der Waals surface area contributed by atoms with Gasteiger partial charge in [0, 0.05) is 0 Å². The second-order valence-electron chi connectivity index (χ2n) is 3.95. The van der Waals surface area contributed by atoms with Crippen LogP contribution in [0.25, 0.3) is 11.3 Å². The Bertz CT molecular complexity index is 793. The fraction of sp³-hybridized carbons (Fsp3) is 0. The third-order valence-electron chi connectivity index (χ3n) is 2.80. The first-order valence-corrected chi connectivity index (χ1v) is 6.49. The molecule has 0 radical (unpaired) electrons. The standard InChI is InChI=1S/C12H8N6S/c1-3-9-15-13-7-17(9)11(5-1)19-12-6-2-4-10-16-14-8-18(10)12/h1-8H. The number of hydrogen-bond donors (Lipinski definition) is 0. The molecule has 0 aliphatic heterocycles. The molecule has 0 fully saturated rings. The number of aromatic nitrogens is 6. The second kappa shape index (κ2) is 4.06. The monoisotopic (exact) mass is 268 g/mol. The Morgan fingerprint density at radius 3 is 1.79 bits per heavy atom. The van der Waals surface area contributed by atoms with Gasteiger partial charge < -0.3 is 0 Å². The molecule has 4 rings (SSSR count). The first-order valence-electron chi connectivity index (χ1n) is 5.67. The molecule has 0 saturated heterocycles. The molecule has 4 aromatic rings. The minimum Gasteiger partial charge on any atom is -0.276 e. The summed E-state index contributed by atoms with van der Waals surface area (Å²) in [6.07, 6.45) is 3.42. The van der Waals surface area contributed by atoms with Gasteiger partial charge in [0.2, 0.25) is 0 Å². The van der Waals surface area contributed by atoms with Crippen LogP contribution in [0.2, 0.25) is 0 Å². The van der Waals surface area contributed by atoms with E-state index in [-0.39, 0.29) is 0 Å². The Labute approximate surface area is 112 Å². The van der Waals surface area contributed by atoms with Crippen LogP contribution in [-0.4, -0.2) is 29.2 Å². The van der Waals surface area contributed by atoms with E-state index in [2.05, 4.69) is 20.4 Å². The lowest BCUT2D eigenvalue weighted by molar-refractivity contribution is 0.978. The first-order chi connectivity index (χ1) is 9.42. The van der Waals surface area contributed by atoms with Gasteiger partial charge in [0.1, 0.15) is 12.7 Å². The summed E-state index contributed by atoms with van der Waals surface area (Å²) in [4.78, 5) is 0. The molecule has 0 amide bonds. The summed E-state index contributed by atoms with van der Waals surface area (Å²) in [5, 5.41) is 18.0. The summed E-state index contributed by atoms with van der Waals surface area (Å²) in [7, 11) is 0. The molecule has 19 heavy (non-hydrogen) atoms. The Kier molecular flexibility index (Phi) is 2.25. The highest BCUT2D eigenvalue weighted by Gasteiger charge is 2.07. The van der Waals surface area contributed by atoms with E-state index in [1.165, 1.54) is 0 Å². The molecule has 0 saturated carbocycles. The van der Waals surface area contributed by atoms with Crippen LogP contribution in [0.15, 0.2) is 59.1 Å². The molecular weight excluding hydrogens is 260 g/mol. The maximum atomic E-state index is 4.04. The molecular formula is C12H8N6S. The van der Waals surface area contributed by atoms with Crippen molar-refractivity contribution in [2.75, 3.05) is 0 Å². The van der Waals surface area contributed by atoms with Gasteiger partial charge in [-0.1, -0.05) is 23.9 Å². The van der Waals surface area contributed by atoms with E-state index >= 15 is 0 Å². The third kappa shape index (κ3) is 1.66. The van der Waals surface area contributed by atoms with Crippen molar-refractivity contribution >= 4 is 23.1 Å². The fourth-order valence-electron chi connectivity index (χ4n) is 1.92. The Morgan fingerprint density at radius 1 is 0.737 bits per heavy atom. The Morgan fingerprint density at radius 2 is 1.26 bits per heavy atom. The maximum absolute atomic E-state index is 4.04. The number of pyridine rings is 2.